The fourth-order valence-electron chi connectivity index (χ4n) is 2.81. The minimum atomic E-state index is 0. The number of likely N-dealkylation sites (N-methyl/N-ethyl adjacent to an activating group) is 1. The zero-order valence-electron chi connectivity index (χ0n) is 14.8. The lowest BCUT2D eigenvalue weighted by Gasteiger charge is -2.30. The van der Waals surface area contributed by atoms with E-state index in [1.54, 1.807) is 25.1 Å². The number of halogens is 1. The Hall–Kier alpha value is -0.790. The Labute approximate surface area is 158 Å². The van der Waals surface area contributed by atoms with Gasteiger partial charge in [-0.05, 0) is 31.6 Å². The largest absolute Gasteiger partial charge is 0.354 e. The van der Waals surface area contributed by atoms with Crippen molar-refractivity contribution >= 4 is 35.8 Å². The van der Waals surface area contributed by atoms with Crippen LogP contribution in [0.5, 0.6) is 0 Å². The van der Waals surface area contributed by atoms with Crippen LogP contribution in [0.3, 0.4) is 0 Å². The predicted molar refractivity (Wildman–Crippen MR) is 108 cm³/mol. The molecule has 0 saturated heterocycles. The predicted octanol–water partition coefficient (Wildman–Crippen LogP) is 2.77. The van der Waals surface area contributed by atoms with Crippen LogP contribution in [0, 0.1) is 5.92 Å². The van der Waals surface area contributed by atoms with Gasteiger partial charge in [0.05, 0.1) is 0 Å². The second-order valence-corrected chi connectivity index (χ2v) is 6.27. The molecule has 5 nitrogen and oxygen atoms in total. The third kappa shape index (κ3) is 9.17. The van der Waals surface area contributed by atoms with Crippen LogP contribution in [0.2, 0.25) is 0 Å². The molecule has 0 aromatic heterocycles. The van der Waals surface area contributed by atoms with E-state index in [1.807, 2.05) is 0 Å². The summed E-state index contributed by atoms with van der Waals surface area (Å²) in [5, 5.41) is 6.67. The third-order valence-electron chi connectivity index (χ3n) is 4.17. The van der Waals surface area contributed by atoms with Crippen molar-refractivity contribution in [2.75, 3.05) is 27.2 Å². The van der Waals surface area contributed by atoms with E-state index in [4.69, 9.17) is 0 Å². The van der Waals surface area contributed by atoms with Gasteiger partial charge < -0.3 is 15.5 Å². The van der Waals surface area contributed by atoms with Gasteiger partial charge in [-0.2, -0.15) is 0 Å². The maximum Gasteiger partial charge on any atom is 0.243 e. The summed E-state index contributed by atoms with van der Waals surface area (Å²) in [6, 6.07) is 0.457. The van der Waals surface area contributed by atoms with Crippen LogP contribution in [-0.4, -0.2) is 50.0 Å². The van der Waals surface area contributed by atoms with Crippen LogP contribution in [0.25, 0.3) is 0 Å². The van der Waals surface area contributed by atoms with Crippen LogP contribution in [0.4, 0.5) is 0 Å². The number of amides is 1. The highest BCUT2D eigenvalue weighted by molar-refractivity contribution is 14.0. The number of nitrogens with one attached hydrogen (secondary N) is 2. The van der Waals surface area contributed by atoms with Crippen molar-refractivity contribution in [3.05, 3.63) is 12.7 Å². The summed E-state index contributed by atoms with van der Waals surface area (Å²) < 4.78 is 0. The second-order valence-electron chi connectivity index (χ2n) is 6.27. The molecule has 0 bridgehead atoms. The van der Waals surface area contributed by atoms with E-state index in [0.29, 0.717) is 18.5 Å². The maximum atomic E-state index is 11.7. The minimum absolute atomic E-state index is 0. The monoisotopic (exact) mass is 436 g/mol. The zero-order valence-corrected chi connectivity index (χ0v) is 17.1. The summed E-state index contributed by atoms with van der Waals surface area (Å²) in [5.74, 6) is 1.61. The molecule has 0 atom stereocenters. The summed E-state index contributed by atoms with van der Waals surface area (Å²) in [4.78, 5) is 17.6. The zero-order chi connectivity index (χ0) is 16.4. The normalized spacial score (nSPS) is 21.1. The molecule has 0 aromatic carbocycles. The molecule has 23 heavy (non-hydrogen) atoms. The van der Waals surface area contributed by atoms with Gasteiger partial charge in [0.1, 0.15) is 6.54 Å². The Morgan fingerprint density at radius 2 is 1.96 bits per heavy atom. The van der Waals surface area contributed by atoms with Gasteiger partial charge in [0.15, 0.2) is 5.96 Å². The van der Waals surface area contributed by atoms with Gasteiger partial charge in [0, 0.05) is 26.7 Å². The molecule has 1 amide bonds. The molecule has 1 aliphatic rings. The standard InChI is InChI=1S/C17H32N4O.HI/c1-5-7-14-8-10-15(11-9-14)20-17(18-12-6-2)19-13-16(22)21(3)4;/h6,14-15H,2,5,7-13H2,1,3-4H3,(H2,18,19,20);1H. The van der Waals surface area contributed by atoms with E-state index in [2.05, 4.69) is 29.1 Å². The first-order valence-electron chi connectivity index (χ1n) is 8.42. The molecule has 0 radical (unpaired) electrons. The molecule has 1 aliphatic carbocycles. The fourth-order valence-corrected chi connectivity index (χ4v) is 2.81. The first kappa shape index (κ1) is 22.2. The first-order valence-corrected chi connectivity index (χ1v) is 8.42. The SMILES string of the molecule is C=CCNC(=NCC(=O)N(C)C)NC1CCC(CCC)CC1.I. The summed E-state index contributed by atoms with van der Waals surface area (Å²) >= 11 is 0. The van der Waals surface area contributed by atoms with Crippen molar-refractivity contribution in [2.45, 2.75) is 51.5 Å². The Morgan fingerprint density at radius 1 is 1.30 bits per heavy atom. The van der Waals surface area contributed by atoms with Crippen LogP contribution in [0.1, 0.15) is 45.4 Å². The van der Waals surface area contributed by atoms with Crippen molar-refractivity contribution < 1.29 is 4.79 Å². The quantitative estimate of drug-likeness (QED) is 0.279. The second kappa shape index (κ2) is 12.6. The molecule has 1 rings (SSSR count). The molecule has 1 fully saturated rings. The average Bonchev–Trinajstić information content (AvgIpc) is 2.51. The molecular formula is C17H33IN4O. The smallest absolute Gasteiger partial charge is 0.243 e. The van der Waals surface area contributed by atoms with Crippen molar-refractivity contribution in [3.8, 4) is 0 Å². The van der Waals surface area contributed by atoms with Crippen molar-refractivity contribution in [2.24, 2.45) is 10.9 Å². The van der Waals surface area contributed by atoms with Gasteiger partial charge in [-0.15, -0.1) is 30.6 Å². The van der Waals surface area contributed by atoms with Crippen molar-refractivity contribution in [1.29, 1.82) is 0 Å². The lowest BCUT2D eigenvalue weighted by atomic mass is 9.83. The number of hydrogen-bond donors (Lipinski definition) is 2. The molecule has 6 heteroatoms. The molecular weight excluding hydrogens is 403 g/mol. The molecule has 0 heterocycles. The third-order valence-corrected chi connectivity index (χ3v) is 4.17. The van der Waals surface area contributed by atoms with Crippen LogP contribution < -0.4 is 10.6 Å². The maximum absolute atomic E-state index is 11.7. The van der Waals surface area contributed by atoms with E-state index in [1.165, 1.54) is 38.5 Å². The first-order chi connectivity index (χ1) is 10.6. The van der Waals surface area contributed by atoms with Gasteiger partial charge in [-0.25, -0.2) is 4.99 Å². The number of guanidine groups is 1. The number of nitrogens with zero attached hydrogens (tertiary/aromatic N) is 2. The Bertz CT molecular complexity index is 377. The minimum Gasteiger partial charge on any atom is -0.354 e. The number of rotatable bonds is 7. The number of carbonyl (C=O) groups excluding carboxylic acids is 1. The summed E-state index contributed by atoms with van der Waals surface area (Å²) in [6.45, 7) is 6.79. The number of aliphatic imine (C=N–C) groups is 1. The van der Waals surface area contributed by atoms with E-state index in [9.17, 15) is 4.79 Å². The summed E-state index contributed by atoms with van der Waals surface area (Å²) in [7, 11) is 3.49. The van der Waals surface area contributed by atoms with E-state index < -0.39 is 0 Å². The molecule has 134 valence electrons. The van der Waals surface area contributed by atoms with Gasteiger partial charge in [-0.3, -0.25) is 4.79 Å². The fraction of sp³-hybridized carbons (Fsp3) is 0.765. The van der Waals surface area contributed by atoms with Gasteiger partial charge in [0.25, 0.3) is 0 Å². The summed E-state index contributed by atoms with van der Waals surface area (Å²) in [6.07, 6.45) is 9.36. The van der Waals surface area contributed by atoms with Crippen LogP contribution in [-0.2, 0) is 4.79 Å². The average molecular weight is 436 g/mol. The molecule has 0 spiro atoms. The molecule has 2 N–H and O–H groups in total. The Kier molecular flexibility index (Phi) is 12.2. The summed E-state index contributed by atoms with van der Waals surface area (Å²) in [5.41, 5.74) is 0. The highest BCUT2D eigenvalue weighted by atomic mass is 127. The topological polar surface area (TPSA) is 56.7 Å². The van der Waals surface area contributed by atoms with E-state index >= 15 is 0 Å². The Morgan fingerprint density at radius 3 is 2.48 bits per heavy atom. The van der Waals surface area contributed by atoms with Crippen LogP contribution >= 0.6 is 24.0 Å². The highest BCUT2D eigenvalue weighted by Gasteiger charge is 2.21. The lowest BCUT2D eigenvalue weighted by Crippen LogP contribution is -2.45. The molecule has 0 unspecified atom stereocenters. The number of carbonyl (C=O) groups is 1. The van der Waals surface area contributed by atoms with Gasteiger partial charge in [-0.1, -0.05) is 25.8 Å². The van der Waals surface area contributed by atoms with Crippen molar-refractivity contribution in [1.82, 2.24) is 15.5 Å². The van der Waals surface area contributed by atoms with Gasteiger partial charge in [0.2, 0.25) is 5.91 Å². The molecule has 0 aromatic rings. The Balaban J connectivity index is 0.00000484. The molecule has 1 saturated carbocycles. The van der Waals surface area contributed by atoms with E-state index in [0.717, 1.165) is 5.92 Å². The van der Waals surface area contributed by atoms with Crippen molar-refractivity contribution in [3.63, 3.8) is 0 Å². The highest BCUT2D eigenvalue weighted by Crippen LogP contribution is 2.27. The van der Waals surface area contributed by atoms with E-state index in [-0.39, 0.29) is 36.4 Å². The molecule has 0 aliphatic heterocycles. The number of hydrogen-bond acceptors (Lipinski definition) is 2. The lowest BCUT2D eigenvalue weighted by molar-refractivity contribution is -0.127. The van der Waals surface area contributed by atoms with Gasteiger partial charge >= 0.3 is 0 Å². The van der Waals surface area contributed by atoms with Crippen LogP contribution in [0.15, 0.2) is 17.6 Å².